The molecule has 1 aliphatic heterocycles. The summed E-state index contributed by atoms with van der Waals surface area (Å²) in [5.74, 6) is 0. The minimum Gasteiger partial charge on any atom is -0.394 e. The monoisotopic (exact) mass is 462 g/mol. The molecule has 0 saturated carbocycles. The number of aliphatic hydroxyl groups excluding tert-OH is 1. The molecule has 174 valence electrons. The average molecular weight is 463 g/mol. The van der Waals surface area contributed by atoms with Gasteiger partial charge in [-0.05, 0) is 17.2 Å². The Labute approximate surface area is 198 Å². The Morgan fingerprint density at radius 3 is 1.64 bits per heavy atom. The highest BCUT2D eigenvalue weighted by Crippen LogP contribution is 2.33. The van der Waals surface area contributed by atoms with Crippen molar-refractivity contribution in [1.82, 2.24) is 0 Å². The lowest BCUT2D eigenvalue weighted by atomic mass is 10.1. The van der Waals surface area contributed by atoms with E-state index in [9.17, 15) is 5.11 Å². The van der Waals surface area contributed by atoms with E-state index < -0.39 is 14.2 Å². The summed E-state index contributed by atoms with van der Waals surface area (Å²) in [5.41, 5.74) is 2.21. The fraction of sp³-hybridized carbons (Fsp3) is 0.357. The molecule has 0 bridgehead atoms. The molecule has 1 aliphatic rings. The molecule has 3 aromatic rings. The van der Waals surface area contributed by atoms with E-state index in [0.29, 0.717) is 13.2 Å². The van der Waals surface area contributed by atoms with Crippen LogP contribution in [-0.4, -0.2) is 44.2 Å². The molecule has 4 nitrogen and oxygen atoms in total. The van der Waals surface area contributed by atoms with Gasteiger partial charge in [-0.1, -0.05) is 109 Å². The highest BCUT2D eigenvalue weighted by atomic mass is 28.3. The summed E-state index contributed by atoms with van der Waals surface area (Å²) in [6.45, 7) is 5.59. The Morgan fingerprint density at radius 2 is 1.15 bits per heavy atom. The maximum atomic E-state index is 10.1. The molecule has 0 spiro atoms. The molecule has 4 rings (SSSR count). The van der Waals surface area contributed by atoms with E-state index in [0.717, 1.165) is 17.2 Å². The van der Waals surface area contributed by atoms with E-state index in [1.54, 1.807) is 0 Å². The van der Waals surface area contributed by atoms with Crippen molar-refractivity contribution in [2.45, 2.75) is 56.8 Å². The van der Waals surface area contributed by atoms with Gasteiger partial charge in [0.2, 0.25) is 0 Å². The van der Waals surface area contributed by atoms with Crippen LogP contribution in [0, 0.1) is 0 Å². The fourth-order valence-electron chi connectivity index (χ4n) is 4.56. The van der Waals surface area contributed by atoms with Crippen LogP contribution in [0.1, 0.15) is 11.1 Å². The molecule has 0 radical (unpaired) electrons. The van der Waals surface area contributed by atoms with Crippen molar-refractivity contribution in [2.24, 2.45) is 0 Å². The van der Waals surface area contributed by atoms with Crippen molar-refractivity contribution in [3.05, 3.63) is 102 Å². The van der Waals surface area contributed by atoms with E-state index in [2.05, 4.69) is 55.6 Å². The molecule has 1 N–H and O–H groups in total. The quantitative estimate of drug-likeness (QED) is 0.450. The minimum atomic E-state index is -1.80. The second kappa shape index (κ2) is 11.2. The highest BCUT2D eigenvalue weighted by molar-refractivity contribution is 6.89. The predicted molar refractivity (Wildman–Crippen MR) is 134 cm³/mol. The zero-order chi connectivity index (χ0) is 23.1. The second-order valence-corrected chi connectivity index (χ2v) is 14.1. The molecule has 4 atom stereocenters. The molecule has 1 saturated heterocycles. The van der Waals surface area contributed by atoms with Crippen molar-refractivity contribution in [2.75, 3.05) is 6.61 Å². The molecule has 0 aromatic heterocycles. The second-order valence-electron chi connectivity index (χ2n) is 9.37. The fourth-order valence-corrected chi connectivity index (χ4v) is 7.23. The summed E-state index contributed by atoms with van der Waals surface area (Å²) in [6, 6.07) is 31.9. The molecule has 33 heavy (non-hydrogen) atoms. The summed E-state index contributed by atoms with van der Waals surface area (Å²) in [7, 11) is -1.80. The third-order valence-electron chi connectivity index (χ3n) is 6.42. The van der Waals surface area contributed by atoms with Crippen molar-refractivity contribution < 1.29 is 19.3 Å². The number of rotatable bonds is 10. The summed E-state index contributed by atoms with van der Waals surface area (Å²) < 4.78 is 19.2. The van der Waals surface area contributed by atoms with E-state index in [4.69, 9.17) is 14.2 Å². The Kier molecular flexibility index (Phi) is 8.12. The molecule has 3 aromatic carbocycles. The molecule has 0 aliphatic carbocycles. The maximum Gasteiger partial charge on any atom is 0.115 e. The van der Waals surface area contributed by atoms with Gasteiger partial charge in [-0.15, -0.1) is 0 Å². The first-order chi connectivity index (χ1) is 16.1. The molecule has 5 heteroatoms. The van der Waals surface area contributed by atoms with Gasteiger partial charge in [-0.3, -0.25) is 0 Å². The van der Waals surface area contributed by atoms with Crippen LogP contribution in [0.4, 0.5) is 0 Å². The van der Waals surface area contributed by atoms with Gasteiger partial charge in [0.05, 0.1) is 34.0 Å². The molecule has 1 heterocycles. The minimum absolute atomic E-state index is 0.0888. The third-order valence-corrected chi connectivity index (χ3v) is 9.74. The number of hydrogen-bond acceptors (Lipinski definition) is 4. The van der Waals surface area contributed by atoms with Crippen molar-refractivity contribution in [1.29, 1.82) is 0 Å². The number of benzene rings is 3. The molecular formula is C28H34O4Si. The van der Waals surface area contributed by atoms with Gasteiger partial charge in [0.25, 0.3) is 0 Å². The smallest absolute Gasteiger partial charge is 0.115 e. The zero-order valence-electron chi connectivity index (χ0n) is 19.5. The first-order valence-electron chi connectivity index (χ1n) is 11.7. The molecule has 1 fully saturated rings. The average Bonchev–Trinajstić information content (AvgIpc) is 3.18. The van der Waals surface area contributed by atoms with Crippen LogP contribution in [0.5, 0.6) is 0 Å². The SMILES string of the molecule is C[Si](C)(C[C@@H]1O[C@@H](CO)[C@@H](OCc2ccccc2)[C@@H]1OCc1ccccc1)c1ccccc1. The van der Waals surface area contributed by atoms with Crippen molar-refractivity contribution in [3.8, 4) is 0 Å². The number of hydrogen-bond donors (Lipinski definition) is 1. The summed E-state index contributed by atoms with van der Waals surface area (Å²) in [6.07, 6.45) is -1.11. The van der Waals surface area contributed by atoms with Crippen LogP contribution < -0.4 is 5.19 Å². The lowest BCUT2D eigenvalue weighted by Gasteiger charge is -2.30. The zero-order valence-corrected chi connectivity index (χ0v) is 20.5. The third kappa shape index (κ3) is 6.19. The highest BCUT2D eigenvalue weighted by Gasteiger charge is 2.48. The normalized spacial score (nSPS) is 23.0. The molecule has 0 amide bonds. The van der Waals surface area contributed by atoms with Gasteiger partial charge in [0.15, 0.2) is 0 Å². The van der Waals surface area contributed by atoms with Crippen LogP contribution in [-0.2, 0) is 27.4 Å². The van der Waals surface area contributed by atoms with E-state index >= 15 is 0 Å². The van der Waals surface area contributed by atoms with Crippen LogP contribution >= 0.6 is 0 Å². The first kappa shape index (κ1) is 23.9. The predicted octanol–water partition coefficient (Wildman–Crippen LogP) is 4.53. The summed E-state index contributed by atoms with van der Waals surface area (Å²) in [5, 5.41) is 11.5. The van der Waals surface area contributed by atoms with E-state index in [-0.39, 0.29) is 24.9 Å². The Hall–Kier alpha value is -2.28. The Morgan fingerprint density at radius 1 is 0.697 bits per heavy atom. The largest absolute Gasteiger partial charge is 0.394 e. The van der Waals surface area contributed by atoms with E-state index in [1.165, 1.54) is 5.19 Å². The first-order valence-corrected chi connectivity index (χ1v) is 14.9. The van der Waals surface area contributed by atoms with Crippen LogP contribution in [0.25, 0.3) is 0 Å². The molecular weight excluding hydrogens is 428 g/mol. The number of aliphatic hydroxyl groups is 1. The van der Waals surface area contributed by atoms with Crippen LogP contribution in [0.2, 0.25) is 19.1 Å². The van der Waals surface area contributed by atoms with Gasteiger partial charge < -0.3 is 19.3 Å². The van der Waals surface area contributed by atoms with Crippen molar-refractivity contribution >= 4 is 13.3 Å². The van der Waals surface area contributed by atoms with Gasteiger partial charge in [0, 0.05) is 0 Å². The van der Waals surface area contributed by atoms with Crippen LogP contribution in [0.15, 0.2) is 91.0 Å². The lowest BCUT2D eigenvalue weighted by Crippen LogP contribution is -2.47. The van der Waals surface area contributed by atoms with Gasteiger partial charge in [-0.25, -0.2) is 0 Å². The Bertz CT molecular complexity index is 965. The van der Waals surface area contributed by atoms with Crippen molar-refractivity contribution in [3.63, 3.8) is 0 Å². The van der Waals surface area contributed by atoms with Gasteiger partial charge >= 0.3 is 0 Å². The Balaban J connectivity index is 1.53. The standard InChI is InChI=1S/C28H34O4Si/c1-33(2,24-16-10-5-11-17-24)21-26-28(31-20-23-14-8-4-9-15-23)27(25(18-29)32-26)30-19-22-12-6-3-7-13-22/h3-17,25-29H,18-21H2,1-2H3/t25-,26-,27+,28+/m0/s1. The number of ether oxygens (including phenoxy) is 3. The maximum absolute atomic E-state index is 10.1. The molecule has 0 unspecified atom stereocenters. The van der Waals surface area contributed by atoms with E-state index in [1.807, 2.05) is 48.5 Å². The lowest BCUT2D eigenvalue weighted by molar-refractivity contribution is -0.0828. The topological polar surface area (TPSA) is 47.9 Å². The van der Waals surface area contributed by atoms with Gasteiger partial charge in [-0.2, -0.15) is 0 Å². The summed E-state index contributed by atoms with van der Waals surface area (Å²) >= 11 is 0. The van der Waals surface area contributed by atoms with Gasteiger partial charge in [0.1, 0.15) is 18.3 Å². The summed E-state index contributed by atoms with van der Waals surface area (Å²) in [4.78, 5) is 0. The van der Waals surface area contributed by atoms with Crippen LogP contribution in [0.3, 0.4) is 0 Å².